The number of hydrogen-bond donors (Lipinski definition) is 2. The zero-order valence-corrected chi connectivity index (χ0v) is 13.0. The van der Waals surface area contributed by atoms with Gasteiger partial charge in [0.1, 0.15) is 10.8 Å². The summed E-state index contributed by atoms with van der Waals surface area (Å²) in [6.07, 6.45) is 0. The molecule has 1 heterocycles. The number of hydrogen-bond acceptors (Lipinski definition) is 5. The van der Waals surface area contributed by atoms with Crippen molar-refractivity contribution < 1.29 is 9.90 Å². The average molecular weight is 313 g/mol. The highest BCUT2D eigenvalue weighted by Crippen LogP contribution is 2.27. The van der Waals surface area contributed by atoms with Gasteiger partial charge in [0.05, 0.1) is 5.56 Å². The number of carbonyl (C=O) groups is 1. The summed E-state index contributed by atoms with van der Waals surface area (Å²) in [5, 5.41) is 23.8. The maximum Gasteiger partial charge on any atom is 0.261 e. The van der Waals surface area contributed by atoms with E-state index in [1.54, 1.807) is 12.1 Å². The fourth-order valence-corrected chi connectivity index (χ4v) is 2.83. The Morgan fingerprint density at radius 3 is 2.50 bits per heavy atom. The quantitative estimate of drug-likeness (QED) is 0.771. The molecule has 0 aliphatic rings. The summed E-state index contributed by atoms with van der Waals surface area (Å²) in [5.41, 5.74) is 0.222. The number of anilines is 1. The topological polar surface area (TPSA) is 75.1 Å². The second kappa shape index (κ2) is 5.73. The third kappa shape index (κ3) is 2.78. The van der Waals surface area contributed by atoms with Gasteiger partial charge in [0.15, 0.2) is 0 Å². The molecule has 0 atom stereocenters. The van der Waals surface area contributed by atoms with Gasteiger partial charge in [-0.15, -0.1) is 10.2 Å². The number of nitrogens with zero attached hydrogens (tertiary/aromatic N) is 2. The number of aromatic nitrogens is 2. The van der Waals surface area contributed by atoms with Crippen molar-refractivity contribution in [3.63, 3.8) is 0 Å². The fourth-order valence-electron chi connectivity index (χ4n) is 2.09. The predicted octanol–water partition coefficient (Wildman–Crippen LogP) is 3.77. The van der Waals surface area contributed by atoms with Crippen molar-refractivity contribution in [1.82, 2.24) is 10.2 Å². The van der Waals surface area contributed by atoms with Gasteiger partial charge in [0.2, 0.25) is 5.13 Å². The van der Waals surface area contributed by atoms with Crippen LogP contribution in [0.15, 0.2) is 36.4 Å². The molecule has 22 heavy (non-hydrogen) atoms. The van der Waals surface area contributed by atoms with Crippen LogP contribution in [0.4, 0.5) is 5.13 Å². The molecule has 0 radical (unpaired) electrons. The molecule has 112 valence electrons. The highest BCUT2D eigenvalue weighted by atomic mass is 32.1. The van der Waals surface area contributed by atoms with Crippen LogP contribution in [-0.2, 0) is 0 Å². The lowest BCUT2D eigenvalue weighted by Gasteiger charge is -2.06. The molecule has 0 fully saturated rings. The van der Waals surface area contributed by atoms with Crippen LogP contribution in [0.2, 0.25) is 0 Å². The van der Waals surface area contributed by atoms with E-state index >= 15 is 0 Å². The van der Waals surface area contributed by atoms with Gasteiger partial charge in [-0.3, -0.25) is 10.1 Å². The lowest BCUT2D eigenvalue weighted by atomic mass is 10.1. The summed E-state index contributed by atoms with van der Waals surface area (Å²) in [7, 11) is 0. The van der Waals surface area contributed by atoms with E-state index in [1.165, 1.54) is 11.3 Å². The Hall–Kier alpha value is -2.47. The van der Waals surface area contributed by atoms with Crippen LogP contribution in [0.3, 0.4) is 0 Å². The molecule has 2 N–H and O–H groups in total. The van der Waals surface area contributed by atoms with Crippen LogP contribution in [-0.4, -0.2) is 21.2 Å². The van der Waals surface area contributed by atoms with E-state index in [9.17, 15) is 9.90 Å². The van der Waals surface area contributed by atoms with E-state index in [0.29, 0.717) is 5.13 Å². The maximum absolute atomic E-state index is 12.3. The van der Waals surface area contributed by atoms with Gasteiger partial charge >= 0.3 is 0 Å². The summed E-state index contributed by atoms with van der Waals surface area (Å²) < 4.78 is 0. The molecule has 6 heteroatoms. The molecule has 0 spiro atoms. The molecule has 3 rings (SSSR count). The van der Waals surface area contributed by atoms with Crippen LogP contribution >= 0.6 is 11.3 Å². The lowest BCUT2D eigenvalue weighted by molar-refractivity contribution is 0.102. The number of rotatable bonds is 3. The zero-order chi connectivity index (χ0) is 15.7. The highest BCUT2D eigenvalue weighted by molar-refractivity contribution is 7.15. The third-order valence-corrected chi connectivity index (χ3v) is 4.40. The first-order valence-corrected chi connectivity index (χ1v) is 7.73. The minimum Gasteiger partial charge on any atom is -0.507 e. The predicted molar refractivity (Wildman–Crippen MR) is 87.6 cm³/mol. The Bertz CT molecular complexity index is 842. The number of fused-ring (bicyclic) bond motifs is 1. The van der Waals surface area contributed by atoms with Crippen LogP contribution in [0, 0.1) is 0 Å². The summed E-state index contributed by atoms with van der Waals surface area (Å²) in [6, 6.07) is 10.8. The van der Waals surface area contributed by atoms with Crippen molar-refractivity contribution in [2.24, 2.45) is 0 Å². The van der Waals surface area contributed by atoms with E-state index in [4.69, 9.17) is 0 Å². The van der Waals surface area contributed by atoms with Gasteiger partial charge in [-0.25, -0.2) is 0 Å². The van der Waals surface area contributed by atoms with Gasteiger partial charge in [0, 0.05) is 5.92 Å². The molecular weight excluding hydrogens is 298 g/mol. The molecule has 3 aromatic rings. The molecule has 0 saturated heterocycles. The van der Waals surface area contributed by atoms with Crippen molar-refractivity contribution in [3.05, 3.63) is 47.0 Å². The van der Waals surface area contributed by atoms with Crippen molar-refractivity contribution in [3.8, 4) is 5.75 Å². The number of benzene rings is 2. The molecule has 2 aromatic carbocycles. The molecule has 0 unspecified atom stereocenters. The van der Waals surface area contributed by atoms with E-state index in [-0.39, 0.29) is 17.2 Å². The normalized spacial score (nSPS) is 11.0. The van der Waals surface area contributed by atoms with Gasteiger partial charge in [-0.05, 0) is 22.9 Å². The lowest BCUT2D eigenvalue weighted by Crippen LogP contribution is -2.12. The minimum absolute atomic E-state index is 0.0511. The Labute approximate surface area is 131 Å². The largest absolute Gasteiger partial charge is 0.507 e. The summed E-state index contributed by atoms with van der Waals surface area (Å²) in [5.74, 6) is -0.184. The second-order valence-corrected chi connectivity index (χ2v) is 6.28. The average Bonchev–Trinajstić information content (AvgIpc) is 2.95. The summed E-state index contributed by atoms with van der Waals surface area (Å²) in [6.45, 7) is 4.03. The van der Waals surface area contributed by atoms with Crippen molar-refractivity contribution in [1.29, 1.82) is 0 Å². The first-order valence-electron chi connectivity index (χ1n) is 6.91. The maximum atomic E-state index is 12.3. The minimum atomic E-state index is -0.394. The van der Waals surface area contributed by atoms with Gasteiger partial charge < -0.3 is 5.11 Å². The van der Waals surface area contributed by atoms with Crippen molar-refractivity contribution in [2.45, 2.75) is 19.8 Å². The van der Waals surface area contributed by atoms with Crippen LogP contribution < -0.4 is 5.32 Å². The van der Waals surface area contributed by atoms with Crippen LogP contribution in [0.5, 0.6) is 5.75 Å². The number of phenols is 1. The molecule has 1 aromatic heterocycles. The molecule has 0 aliphatic carbocycles. The van der Waals surface area contributed by atoms with Gasteiger partial charge in [0.25, 0.3) is 5.91 Å². The molecular formula is C16H15N3O2S. The Balaban J connectivity index is 1.89. The highest BCUT2D eigenvalue weighted by Gasteiger charge is 2.15. The van der Waals surface area contributed by atoms with Crippen molar-refractivity contribution >= 4 is 33.1 Å². The van der Waals surface area contributed by atoms with Crippen LogP contribution in [0.25, 0.3) is 10.8 Å². The molecule has 0 bridgehead atoms. The fraction of sp³-hybridized carbons (Fsp3) is 0.188. The number of phenolic OH excluding ortho intramolecular Hbond substituents is 1. The monoisotopic (exact) mass is 313 g/mol. The molecule has 5 nitrogen and oxygen atoms in total. The van der Waals surface area contributed by atoms with E-state index < -0.39 is 5.91 Å². The first kappa shape index (κ1) is 14.5. The Kier molecular flexibility index (Phi) is 3.77. The van der Waals surface area contributed by atoms with E-state index in [2.05, 4.69) is 15.5 Å². The first-order chi connectivity index (χ1) is 10.5. The summed E-state index contributed by atoms with van der Waals surface area (Å²) in [4.78, 5) is 12.3. The van der Waals surface area contributed by atoms with Crippen LogP contribution in [0.1, 0.15) is 35.1 Å². The molecule has 0 aliphatic heterocycles. The Morgan fingerprint density at radius 1 is 1.18 bits per heavy atom. The smallest absolute Gasteiger partial charge is 0.261 e. The SMILES string of the molecule is CC(C)c1nnc(NC(=O)c2cc3ccccc3cc2O)s1. The Morgan fingerprint density at radius 2 is 1.86 bits per heavy atom. The number of amides is 1. The summed E-state index contributed by atoms with van der Waals surface area (Å²) >= 11 is 1.34. The number of carbonyl (C=O) groups excluding carboxylic acids is 1. The van der Waals surface area contributed by atoms with Gasteiger partial charge in [-0.1, -0.05) is 49.4 Å². The second-order valence-electron chi connectivity index (χ2n) is 5.27. The number of aromatic hydroxyl groups is 1. The van der Waals surface area contributed by atoms with E-state index in [0.717, 1.165) is 15.8 Å². The van der Waals surface area contributed by atoms with Gasteiger partial charge in [-0.2, -0.15) is 0 Å². The molecule has 1 amide bonds. The van der Waals surface area contributed by atoms with E-state index in [1.807, 2.05) is 38.1 Å². The number of nitrogens with one attached hydrogen (secondary N) is 1. The standard InChI is InChI=1S/C16H15N3O2S/c1-9(2)15-18-19-16(22-15)17-14(21)12-7-10-5-3-4-6-11(10)8-13(12)20/h3-9,20H,1-2H3,(H,17,19,21). The third-order valence-electron chi connectivity index (χ3n) is 3.26. The zero-order valence-electron chi connectivity index (χ0n) is 12.2. The van der Waals surface area contributed by atoms with Crippen molar-refractivity contribution in [2.75, 3.05) is 5.32 Å². The molecule has 0 saturated carbocycles.